The molecule has 0 unspecified atom stereocenters. The van der Waals surface area contributed by atoms with Crippen LogP contribution in [0.3, 0.4) is 0 Å². The number of aromatic hydroxyl groups is 1. The molecule has 0 bridgehead atoms. The largest absolute Gasteiger partial charge is 0.508 e. The van der Waals surface area contributed by atoms with Gasteiger partial charge in [0.25, 0.3) is 0 Å². The van der Waals surface area contributed by atoms with Crippen LogP contribution in [0.4, 0.5) is 5.13 Å². The molecule has 2 aromatic heterocycles. The van der Waals surface area contributed by atoms with E-state index in [1.54, 1.807) is 29.0 Å². The number of hydrogen-bond acceptors (Lipinski definition) is 5. The van der Waals surface area contributed by atoms with E-state index in [2.05, 4.69) is 4.98 Å². The number of carbonyl (C=O) groups excluding carboxylic acids is 2. The summed E-state index contributed by atoms with van der Waals surface area (Å²) in [5.41, 5.74) is 2.29. The molecule has 1 amide bonds. The van der Waals surface area contributed by atoms with Gasteiger partial charge in [0.05, 0.1) is 11.9 Å². The molecule has 2 heterocycles. The van der Waals surface area contributed by atoms with Crippen LogP contribution in [0.2, 0.25) is 0 Å². The third-order valence-corrected chi connectivity index (χ3v) is 6.97. The second-order valence-electron chi connectivity index (χ2n) is 8.64. The Bertz CT molecular complexity index is 1100. The number of rotatable bonds is 5. The molecule has 0 spiro atoms. The predicted molar refractivity (Wildman–Crippen MR) is 124 cm³/mol. The number of hydrogen-bond donors (Lipinski definition) is 1. The van der Waals surface area contributed by atoms with Gasteiger partial charge < -0.3 is 5.11 Å². The highest BCUT2D eigenvalue weighted by atomic mass is 32.1. The van der Waals surface area contributed by atoms with Gasteiger partial charge in [0.15, 0.2) is 5.13 Å². The zero-order valence-electron chi connectivity index (χ0n) is 18.3. The number of carbonyl (C=O) groups is 2. The average molecular weight is 440 g/mol. The number of anilines is 1. The van der Waals surface area contributed by atoms with Gasteiger partial charge in [0.1, 0.15) is 5.75 Å². The van der Waals surface area contributed by atoms with E-state index in [1.807, 2.05) is 31.1 Å². The monoisotopic (exact) mass is 439 g/mol. The smallest absolute Gasteiger partial charge is 0.233 e. The van der Waals surface area contributed by atoms with E-state index in [0.29, 0.717) is 0 Å². The zero-order chi connectivity index (χ0) is 22.1. The van der Waals surface area contributed by atoms with E-state index in [0.717, 1.165) is 53.0 Å². The maximum Gasteiger partial charge on any atom is 0.233 e. The SMILES string of the molecule is Cc1c(CC(=O)N(c2nccs2)C2CCCCC2)c2cc(O)ccc2n1C(=O)C(C)C. The lowest BCUT2D eigenvalue weighted by Crippen LogP contribution is -2.42. The second-order valence-corrected chi connectivity index (χ2v) is 9.51. The Balaban J connectivity index is 1.76. The van der Waals surface area contributed by atoms with Crippen LogP contribution in [-0.2, 0) is 11.2 Å². The quantitative estimate of drug-likeness (QED) is 0.584. The van der Waals surface area contributed by atoms with Crippen molar-refractivity contribution in [3.8, 4) is 5.75 Å². The summed E-state index contributed by atoms with van der Waals surface area (Å²) in [6, 6.07) is 5.16. The molecule has 1 fully saturated rings. The number of nitrogens with zero attached hydrogens (tertiary/aromatic N) is 3. The van der Waals surface area contributed by atoms with Crippen molar-refractivity contribution in [3.05, 3.63) is 41.0 Å². The van der Waals surface area contributed by atoms with Crippen LogP contribution in [0.5, 0.6) is 5.75 Å². The molecule has 6 nitrogen and oxygen atoms in total. The fraction of sp³-hybridized carbons (Fsp3) is 0.458. The van der Waals surface area contributed by atoms with Crippen molar-refractivity contribution in [1.29, 1.82) is 0 Å². The lowest BCUT2D eigenvalue weighted by Gasteiger charge is -2.32. The number of phenolic OH excluding ortho intramolecular Hbond substituents is 1. The topological polar surface area (TPSA) is 75.4 Å². The molecule has 0 aliphatic heterocycles. The molecule has 4 rings (SSSR count). The van der Waals surface area contributed by atoms with Crippen LogP contribution in [0.1, 0.15) is 62.0 Å². The third kappa shape index (κ3) is 4.11. The predicted octanol–water partition coefficient (Wildman–Crippen LogP) is 5.32. The molecule has 1 aliphatic rings. The normalized spacial score (nSPS) is 15.0. The van der Waals surface area contributed by atoms with Gasteiger partial charge in [-0.3, -0.25) is 19.1 Å². The van der Waals surface area contributed by atoms with E-state index in [4.69, 9.17) is 0 Å². The van der Waals surface area contributed by atoms with E-state index < -0.39 is 0 Å². The van der Waals surface area contributed by atoms with Crippen LogP contribution < -0.4 is 4.90 Å². The highest BCUT2D eigenvalue weighted by Gasteiger charge is 2.30. The van der Waals surface area contributed by atoms with Crippen LogP contribution in [0, 0.1) is 12.8 Å². The lowest BCUT2D eigenvalue weighted by molar-refractivity contribution is -0.118. The molecule has 7 heteroatoms. The van der Waals surface area contributed by atoms with E-state index >= 15 is 0 Å². The van der Waals surface area contributed by atoms with Crippen molar-refractivity contribution in [2.45, 2.75) is 65.3 Å². The van der Waals surface area contributed by atoms with Crippen LogP contribution >= 0.6 is 11.3 Å². The lowest BCUT2D eigenvalue weighted by atomic mass is 9.94. The van der Waals surface area contributed by atoms with Crippen molar-refractivity contribution in [3.63, 3.8) is 0 Å². The van der Waals surface area contributed by atoms with E-state index in [-0.39, 0.29) is 35.9 Å². The standard InChI is InChI=1S/C24H29N3O3S/c1-15(2)23(30)26-16(3)19(20-13-18(28)9-10-21(20)26)14-22(29)27(24-25-11-12-31-24)17-7-5-4-6-8-17/h9-13,15,17,28H,4-8,14H2,1-3H3. The van der Waals surface area contributed by atoms with Crippen LogP contribution in [0.25, 0.3) is 10.9 Å². The molecule has 0 atom stereocenters. The van der Waals surface area contributed by atoms with Crippen molar-refractivity contribution >= 4 is 39.2 Å². The van der Waals surface area contributed by atoms with E-state index in [1.165, 1.54) is 17.8 Å². The highest BCUT2D eigenvalue weighted by molar-refractivity contribution is 7.13. The Labute approximate surface area is 186 Å². The zero-order valence-corrected chi connectivity index (χ0v) is 19.1. The molecule has 3 aromatic rings. The molecule has 1 N–H and O–H groups in total. The Hall–Kier alpha value is -2.67. The Morgan fingerprint density at radius 2 is 2.00 bits per heavy atom. The van der Waals surface area contributed by atoms with Gasteiger partial charge in [0, 0.05) is 34.6 Å². The summed E-state index contributed by atoms with van der Waals surface area (Å²) < 4.78 is 1.69. The third-order valence-electron chi connectivity index (χ3n) is 6.19. The Morgan fingerprint density at radius 3 is 2.65 bits per heavy atom. The summed E-state index contributed by atoms with van der Waals surface area (Å²) in [7, 11) is 0. The minimum absolute atomic E-state index is 0.00987. The number of phenols is 1. The van der Waals surface area contributed by atoms with Crippen molar-refractivity contribution in [1.82, 2.24) is 9.55 Å². The van der Waals surface area contributed by atoms with Gasteiger partial charge in [-0.25, -0.2) is 4.98 Å². The van der Waals surface area contributed by atoms with E-state index in [9.17, 15) is 14.7 Å². The fourth-order valence-corrected chi connectivity index (χ4v) is 5.34. The molecule has 31 heavy (non-hydrogen) atoms. The van der Waals surface area contributed by atoms with Gasteiger partial charge >= 0.3 is 0 Å². The minimum atomic E-state index is -0.180. The van der Waals surface area contributed by atoms with Gasteiger partial charge in [-0.1, -0.05) is 33.1 Å². The molecule has 1 saturated carbocycles. The molecule has 1 aliphatic carbocycles. The fourth-order valence-electron chi connectivity index (χ4n) is 4.61. The molecule has 0 radical (unpaired) electrons. The van der Waals surface area contributed by atoms with Crippen LogP contribution in [-0.4, -0.2) is 32.5 Å². The summed E-state index contributed by atoms with van der Waals surface area (Å²) in [5, 5.41) is 13.5. The Morgan fingerprint density at radius 1 is 1.26 bits per heavy atom. The summed E-state index contributed by atoms with van der Waals surface area (Å²) in [5.74, 6) is -0.0830. The Kier molecular flexibility index (Phi) is 6.14. The number of benzene rings is 1. The summed E-state index contributed by atoms with van der Waals surface area (Å²) in [6.45, 7) is 5.62. The average Bonchev–Trinajstić information content (AvgIpc) is 3.36. The van der Waals surface area contributed by atoms with Gasteiger partial charge in [-0.2, -0.15) is 0 Å². The molecule has 164 valence electrons. The van der Waals surface area contributed by atoms with Gasteiger partial charge in [-0.15, -0.1) is 11.3 Å². The number of thiazole rings is 1. The first-order valence-electron chi connectivity index (χ1n) is 11.0. The minimum Gasteiger partial charge on any atom is -0.508 e. The first kappa shape index (κ1) is 21.6. The molecule has 0 saturated heterocycles. The first-order chi connectivity index (χ1) is 14.9. The van der Waals surface area contributed by atoms with Crippen molar-refractivity contribution < 1.29 is 14.7 Å². The number of amides is 1. The highest BCUT2D eigenvalue weighted by Crippen LogP contribution is 2.33. The van der Waals surface area contributed by atoms with Gasteiger partial charge in [0.2, 0.25) is 11.8 Å². The summed E-state index contributed by atoms with van der Waals surface area (Å²) in [4.78, 5) is 32.9. The number of fused-ring (bicyclic) bond motifs is 1. The molecular formula is C24H29N3O3S. The summed E-state index contributed by atoms with van der Waals surface area (Å²) in [6.07, 6.45) is 7.32. The first-order valence-corrected chi connectivity index (χ1v) is 11.8. The maximum absolute atomic E-state index is 13.6. The molecule has 1 aromatic carbocycles. The van der Waals surface area contributed by atoms with Crippen molar-refractivity contribution in [2.75, 3.05) is 4.90 Å². The summed E-state index contributed by atoms with van der Waals surface area (Å²) >= 11 is 1.48. The van der Waals surface area contributed by atoms with Crippen molar-refractivity contribution in [2.24, 2.45) is 5.92 Å². The number of aromatic nitrogens is 2. The van der Waals surface area contributed by atoms with Crippen LogP contribution in [0.15, 0.2) is 29.8 Å². The second kappa shape index (κ2) is 8.83. The molecular weight excluding hydrogens is 410 g/mol. The van der Waals surface area contributed by atoms with Gasteiger partial charge in [-0.05, 0) is 43.5 Å². The maximum atomic E-state index is 13.6.